The van der Waals surface area contributed by atoms with Crippen LogP contribution in [0.4, 0.5) is 0 Å². The Morgan fingerprint density at radius 3 is 2.58 bits per heavy atom. The molecule has 1 aromatic heterocycles. The number of piperidine rings is 1. The van der Waals surface area contributed by atoms with Gasteiger partial charge in [-0.1, -0.05) is 48.5 Å². The van der Waals surface area contributed by atoms with Crippen molar-refractivity contribution in [2.75, 3.05) is 13.1 Å². The lowest BCUT2D eigenvalue weighted by Crippen LogP contribution is -2.39. The van der Waals surface area contributed by atoms with Gasteiger partial charge in [0.05, 0.1) is 26.9 Å². The number of carbonyl (C=O) groups excluding carboxylic acids is 1. The van der Waals surface area contributed by atoms with Gasteiger partial charge in [0.1, 0.15) is 0 Å². The van der Waals surface area contributed by atoms with Crippen molar-refractivity contribution in [3.05, 3.63) is 88.9 Å². The van der Waals surface area contributed by atoms with Gasteiger partial charge in [-0.25, -0.2) is 4.98 Å². The molecule has 0 aliphatic carbocycles. The molecular formula is C26H21N3OS. The molecule has 1 saturated heterocycles. The monoisotopic (exact) mass is 423 g/mol. The number of amides is 1. The average molecular weight is 424 g/mol. The molecule has 1 aliphatic heterocycles. The lowest BCUT2D eigenvalue weighted by atomic mass is 9.93. The number of hydrogen-bond donors (Lipinski definition) is 0. The van der Waals surface area contributed by atoms with Crippen LogP contribution in [0.1, 0.15) is 39.7 Å². The van der Waals surface area contributed by atoms with Crippen molar-refractivity contribution in [2.24, 2.45) is 0 Å². The molecule has 0 N–H and O–H groups in total. The molecule has 4 aromatic rings. The van der Waals surface area contributed by atoms with E-state index in [1.165, 1.54) is 4.70 Å². The number of hydrogen-bond acceptors (Lipinski definition) is 4. The third-order valence-corrected chi connectivity index (χ3v) is 7.06. The van der Waals surface area contributed by atoms with E-state index in [0.717, 1.165) is 41.0 Å². The van der Waals surface area contributed by atoms with Gasteiger partial charge in [-0.05, 0) is 42.7 Å². The van der Waals surface area contributed by atoms with Gasteiger partial charge in [-0.3, -0.25) is 4.79 Å². The number of rotatable bonds is 3. The first-order valence-electron chi connectivity index (χ1n) is 10.5. The fraction of sp³-hybridized carbons (Fsp3) is 0.192. The van der Waals surface area contributed by atoms with Crippen LogP contribution in [-0.2, 0) is 0 Å². The van der Waals surface area contributed by atoms with E-state index in [1.807, 2.05) is 65.6 Å². The summed E-state index contributed by atoms with van der Waals surface area (Å²) in [5, 5.41) is 10.6. The predicted octanol–water partition coefficient (Wildman–Crippen LogP) is 5.85. The average Bonchev–Trinajstić information content (AvgIpc) is 3.28. The van der Waals surface area contributed by atoms with Crippen LogP contribution in [-0.4, -0.2) is 28.9 Å². The second kappa shape index (κ2) is 8.33. The van der Waals surface area contributed by atoms with Crippen molar-refractivity contribution in [1.29, 1.82) is 5.26 Å². The Hall–Kier alpha value is -3.49. The summed E-state index contributed by atoms with van der Waals surface area (Å²) < 4.78 is 1.19. The summed E-state index contributed by atoms with van der Waals surface area (Å²) in [5.41, 5.74) is 3.87. The molecule has 1 amide bonds. The number of carbonyl (C=O) groups is 1. The summed E-state index contributed by atoms with van der Waals surface area (Å²) in [4.78, 5) is 20.4. The quantitative estimate of drug-likeness (QED) is 0.415. The van der Waals surface area contributed by atoms with Gasteiger partial charge in [0.25, 0.3) is 5.91 Å². The van der Waals surface area contributed by atoms with E-state index in [1.54, 1.807) is 17.4 Å². The van der Waals surface area contributed by atoms with E-state index in [4.69, 9.17) is 4.98 Å². The summed E-state index contributed by atoms with van der Waals surface area (Å²) in [6, 6.07) is 25.5. The molecule has 0 bridgehead atoms. The maximum absolute atomic E-state index is 13.6. The maximum Gasteiger partial charge on any atom is 0.254 e. The molecule has 5 rings (SSSR count). The lowest BCUT2D eigenvalue weighted by molar-refractivity contribution is 0.0708. The maximum atomic E-state index is 13.6. The van der Waals surface area contributed by atoms with Crippen LogP contribution < -0.4 is 0 Å². The minimum absolute atomic E-state index is 0.0224. The Bertz CT molecular complexity index is 1270. The molecule has 0 spiro atoms. The van der Waals surface area contributed by atoms with E-state index < -0.39 is 0 Å². The Morgan fingerprint density at radius 2 is 1.74 bits per heavy atom. The van der Waals surface area contributed by atoms with Gasteiger partial charge in [-0.2, -0.15) is 5.26 Å². The smallest absolute Gasteiger partial charge is 0.254 e. The van der Waals surface area contributed by atoms with Gasteiger partial charge in [0, 0.05) is 30.1 Å². The molecule has 1 unspecified atom stereocenters. The highest BCUT2D eigenvalue weighted by Gasteiger charge is 2.28. The van der Waals surface area contributed by atoms with Gasteiger partial charge in [-0.15, -0.1) is 11.3 Å². The minimum Gasteiger partial charge on any atom is -0.338 e. The van der Waals surface area contributed by atoms with Crippen molar-refractivity contribution in [3.63, 3.8) is 0 Å². The fourth-order valence-electron chi connectivity index (χ4n) is 4.32. The number of nitriles is 1. The highest BCUT2D eigenvalue weighted by atomic mass is 32.1. The molecule has 152 valence electrons. The Labute approximate surface area is 185 Å². The van der Waals surface area contributed by atoms with Gasteiger partial charge in [0.15, 0.2) is 0 Å². The van der Waals surface area contributed by atoms with E-state index in [2.05, 4.69) is 12.1 Å². The molecule has 4 nitrogen and oxygen atoms in total. The Morgan fingerprint density at radius 1 is 1.00 bits per heavy atom. The third-order valence-electron chi connectivity index (χ3n) is 5.86. The van der Waals surface area contributed by atoms with E-state index in [0.29, 0.717) is 17.7 Å². The molecular weight excluding hydrogens is 402 g/mol. The van der Waals surface area contributed by atoms with Crippen molar-refractivity contribution in [3.8, 4) is 17.2 Å². The zero-order valence-electron chi connectivity index (χ0n) is 17.0. The van der Waals surface area contributed by atoms with Crippen molar-refractivity contribution in [2.45, 2.75) is 18.8 Å². The van der Waals surface area contributed by atoms with Crippen LogP contribution in [0.2, 0.25) is 0 Å². The Kier molecular flexibility index (Phi) is 5.23. The predicted molar refractivity (Wildman–Crippen MR) is 124 cm³/mol. The highest BCUT2D eigenvalue weighted by molar-refractivity contribution is 7.18. The summed E-state index contributed by atoms with van der Waals surface area (Å²) in [6.45, 7) is 1.42. The zero-order chi connectivity index (χ0) is 21.2. The first-order valence-corrected chi connectivity index (χ1v) is 11.3. The van der Waals surface area contributed by atoms with Crippen LogP contribution in [0, 0.1) is 11.3 Å². The Balaban J connectivity index is 1.45. The molecule has 1 atom stereocenters. The molecule has 1 aliphatic rings. The number of thiazole rings is 1. The van der Waals surface area contributed by atoms with Crippen LogP contribution in [0.15, 0.2) is 72.8 Å². The van der Waals surface area contributed by atoms with Crippen LogP contribution >= 0.6 is 11.3 Å². The summed E-state index contributed by atoms with van der Waals surface area (Å²) in [5.74, 6) is 0.280. The number of benzene rings is 3. The normalized spacial score (nSPS) is 16.2. The van der Waals surface area contributed by atoms with Gasteiger partial charge in [0.2, 0.25) is 0 Å². The molecule has 2 heterocycles. The summed E-state index contributed by atoms with van der Waals surface area (Å²) in [7, 11) is 0. The summed E-state index contributed by atoms with van der Waals surface area (Å²) >= 11 is 1.73. The molecule has 0 saturated carbocycles. The van der Waals surface area contributed by atoms with Crippen molar-refractivity contribution in [1.82, 2.24) is 9.88 Å². The van der Waals surface area contributed by atoms with Crippen LogP contribution in [0.25, 0.3) is 21.3 Å². The topological polar surface area (TPSA) is 57.0 Å². The number of fused-ring (bicyclic) bond motifs is 1. The lowest BCUT2D eigenvalue weighted by Gasteiger charge is -2.32. The SMILES string of the molecule is N#Cc1ccccc1-c1ccccc1C(=O)N1CCCC(c2nc3ccccc3s2)C1. The third kappa shape index (κ3) is 3.71. The van der Waals surface area contributed by atoms with E-state index in [-0.39, 0.29) is 11.8 Å². The van der Waals surface area contributed by atoms with E-state index >= 15 is 0 Å². The molecule has 0 radical (unpaired) electrons. The molecule has 5 heteroatoms. The molecule has 31 heavy (non-hydrogen) atoms. The first kappa shape index (κ1) is 19.5. The fourth-order valence-corrected chi connectivity index (χ4v) is 5.41. The highest BCUT2D eigenvalue weighted by Crippen LogP contribution is 2.34. The van der Waals surface area contributed by atoms with Crippen LogP contribution in [0.5, 0.6) is 0 Å². The first-order chi connectivity index (χ1) is 15.2. The second-order valence-electron chi connectivity index (χ2n) is 7.81. The van der Waals surface area contributed by atoms with Crippen LogP contribution in [0.3, 0.4) is 0 Å². The molecule has 3 aromatic carbocycles. The second-order valence-corrected chi connectivity index (χ2v) is 8.88. The molecule has 1 fully saturated rings. The number of aromatic nitrogens is 1. The van der Waals surface area contributed by atoms with E-state index in [9.17, 15) is 10.1 Å². The largest absolute Gasteiger partial charge is 0.338 e. The van der Waals surface area contributed by atoms with Crippen molar-refractivity contribution < 1.29 is 4.79 Å². The standard InChI is InChI=1S/C26H21N3OS/c27-16-18-8-1-2-10-20(18)21-11-3-4-12-22(21)26(30)29-15-7-9-19(17-29)25-28-23-13-5-6-14-24(23)31-25/h1-6,8,10-14,19H,7,9,15,17H2. The minimum atomic E-state index is 0.0224. The van der Waals surface area contributed by atoms with Gasteiger partial charge < -0.3 is 4.90 Å². The number of nitrogens with zero attached hydrogens (tertiary/aromatic N) is 3. The van der Waals surface area contributed by atoms with Crippen molar-refractivity contribution >= 4 is 27.5 Å². The van der Waals surface area contributed by atoms with Gasteiger partial charge >= 0.3 is 0 Å². The number of para-hydroxylation sites is 1. The number of likely N-dealkylation sites (tertiary alicyclic amines) is 1. The zero-order valence-corrected chi connectivity index (χ0v) is 17.8. The summed E-state index contributed by atoms with van der Waals surface area (Å²) in [6.07, 6.45) is 2.01.